The fourth-order valence-corrected chi connectivity index (χ4v) is 4.20. The highest BCUT2D eigenvalue weighted by molar-refractivity contribution is 7.17. The molecule has 7 nitrogen and oxygen atoms in total. The largest absolute Gasteiger partial charge is 0.365 e. The zero-order chi connectivity index (χ0) is 17.4. The van der Waals surface area contributed by atoms with Crippen molar-refractivity contribution in [1.82, 2.24) is 0 Å². The van der Waals surface area contributed by atoms with Crippen molar-refractivity contribution in [3.8, 4) is 0 Å². The smallest absolute Gasteiger partial charge is 0.288 e. The zero-order valence-electron chi connectivity index (χ0n) is 12.3. The number of nitrogens with one attached hydrogen (secondary N) is 1. The Labute approximate surface area is 145 Å². The van der Waals surface area contributed by atoms with Crippen molar-refractivity contribution >= 4 is 45.4 Å². The highest BCUT2D eigenvalue weighted by Gasteiger charge is 2.26. The van der Waals surface area contributed by atoms with Crippen LogP contribution >= 0.6 is 22.9 Å². The van der Waals surface area contributed by atoms with Crippen LogP contribution in [0.3, 0.4) is 0 Å². The number of carbonyl (C=O) groups excluding carboxylic acids is 2. The van der Waals surface area contributed by atoms with E-state index in [1.165, 1.54) is 23.5 Å². The summed E-state index contributed by atoms with van der Waals surface area (Å²) in [4.78, 5) is 35.4. The van der Waals surface area contributed by atoms with Crippen LogP contribution in [0.25, 0.3) is 0 Å². The van der Waals surface area contributed by atoms with Crippen LogP contribution in [-0.2, 0) is 12.8 Å². The molecule has 24 heavy (non-hydrogen) atoms. The SMILES string of the molecule is NC(=O)c1c(NC(=O)c2ccc(Cl)c([N+](=O)[O-])c2)sc2c1CCC2. The van der Waals surface area contributed by atoms with E-state index in [9.17, 15) is 19.7 Å². The van der Waals surface area contributed by atoms with Crippen LogP contribution in [0.4, 0.5) is 10.7 Å². The van der Waals surface area contributed by atoms with Gasteiger partial charge in [-0.2, -0.15) is 0 Å². The number of primary amides is 1. The second kappa shape index (κ2) is 6.21. The molecule has 1 heterocycles. The number of fused-ring (bicyclic) bond motifs is 1. The molecule has 0 unspecified atom stereocenters. The molecule has 0 atom stereocenters. The van der Waals surface area contributed by atoms with Gasteiger partial charge in [0.2, 0.25) is 0 Å². The number of hydrogen-bond acceptors (Lipinski definition) is 5. The van der Waals surface area contributed by atoms with Gasteiger partial charge >= 0.3 is 0 Å². The second-order valence-electron chi connectivity index (χ2n) is 5.30. The summed E-state index contributed by atoms with van der Waals surface area (Å²) >= 11 is 7.06. The standard InChI is InChI=1S/C15H12ClN3O4S/c16-9-5-4-7(6-10(9)19(22)23)14(21)18-15-12(13(17)20)8-2-1-3-11(8)24-15/h4-6H,1-3H2,(H2,17,20)(H,18,21). The van der Waals surface area contributed by atoms with Crippen molar-refractivity contribution in [1.29, 1.82) is 0 Å². The third kappa shape index (κ3) is 2.85. The first-order valence-corrected chi connectivity index (χ1v) is 8.27. The van der Waals surface area contributed by atoms with Gasteiger partial charge in [-0.1, -0.05) is 11.6 Å². The maximum atomic E-state index is 12.4. The Morgan fingerprint density at radius 2 is 2.08 bits per heavy atom. The number of amides is 2. The number of carbonyl (C=O) groups is 2. The van der Waals surface area contributed by atoms with Gasteiger partial charge in [0.05, 0.1) is 10.5 Å². The molecule has 2 aromatic rings. The molecule has 2 amide bonds. The van der Waals surface area contributed by atoms with E-state index < -0.39 is 16.7 Å². The predicted octanol–water partition coefficient (Wildman–Crippen LogP) is 3.15. The normalized spacial score (nSPS) is 12.7. The number of nitro benzene ring substituents is 1. The van der Waals surface area contributed by atoms with E-state index in [-0.39, 0.29) is 16.3 Å². The van der Waals surface area contributed by atoms with Gasteiger partial charge in [-0.25, -0.2) is 0 Å². The molecular weight excluding hydrogens is 354 g/mol. The number of anilines is 1. The van der Waals surface area contributed by atoms with Crippen LogP contribution in [0, 0.1) is 10.1 Å². The summed E-state index contributed by atoms with van der Waals surface area (Å²) in [5.41, 5.74) is 6.40. The first-order chi connectivity index (χ1) is 11.4. The third-order valence-corrected chi connectivity index (χ3v) is 5.33. The lowest BCUT2D eigenvalue weighted by Crippen LogP contribution is -2.18. The predicted molar refractivity (Wildman–Crippen MR) is 90.9 cm³/mol. The van der Waals surface area contributed by atoms with Gasteiger partial charge in [-0.3, -0.25) is 19.7 Å². The van der Waals surface area contributed by atoms with Crippen LogP contribution in [0.15, 0.2) is 18.2 Å². The summed E-state index contributed by atoms with van der Waals surface area (Å²) < 4.78 is 0. The average Bonchev–Trinajstić information content (AvgIpc) is 3.07. The molecule has 3 N–H and O–H groups in total. The summed E-state index contributed by atoms with van der Waals surface area (Å²) in [7, 11) is 0. The van der Waals surface area contributed by atoms with Crippen LogP contribution in [0.5, 0.6) is 0 Å². The molecule has 1 aliphatic rings. The fraction of sp³-hybridized carbons (Fsp3) is 0.200. The summed E-state index contributed by atoms with van der Waals surface area (Å²) in [5.74, 6) is -1.15. The number of benzene rings is 1. The van der Waals surface area contributed by atoms with E-state index in [1.807, 2.05) is 0 Å². The molecule has 1 aromatic heterocycles. The molecule has 0 fully saturated rings. The summed E-state index contributed by atoms with van der Waals surface area (Å²) in [6.07, 6.45) is 2.56. The summed E-state index contributed by atoms with van der Waals surface area (Å²) in [6.45, 7) is 0. The zero-order valence-corrected chi connectivity index (χ0v) is 13.9. The van der Waals surface area contributed by atoms with Gasteiger partial charge < -0.3 is 11.1 Å². The molecule has 0 saturated heterocycles. The van der Waals surface area contributed by atoms with Gasteiger partial charge in [0, 0.05) is 16.5 Å². The number of nitrogens with zero attached hydrogens (tertiary/aromatic N) is 1. The maximum absolute atomic E-state index is 12.4. The Morgan fingerprint density at radius 3 is 2.75 bits per heavy atom. The molecule has 1 aromatic carbocycles. The van der Waals surface area contributed by atoms with Crippen LogP contribution < -0.4 is 11.1 Å². The molecule has 0 saturated carbocycles. The molecular formula is C15H12ClN3O4S. The van der Waals surface area contributed by atoms with Crippen LogP contribution in [-0.4, -0.2) is 16.7 Å². The first-order valence-electron chi connectivity index (χ1n) is 7.08. The van der Waals surface area contributed by atoms with E-state index >= 15 is 0 Å². The topological polar surface area (TPSA) is 115 Å². The van der Waals surface area contributed by atoms with Crippen molar-refractivity contribution in [3.05, 3.63) is 54.9 Å². The van der Waals surface area contributed by atoms with E-state index in [0.29, 0.717) is 10.6 Å². The Hall–Kier alpha value is -2.45. The summed E-state index contributed by atoms with van der Waals surface area (Å²) in [6, 6.07) is 3.77. The Kier molecular flexibility index (Phi) is 4.25. The van der Waals surface area contributed by atoms with Crippen molar-refractivity contribution in [2.45, 2.75) is 19.3 Å². The molecule has 1 aliphatic carbocycles. The average molecular weight is 366 g/mol. The van der Waals surface area contributed by atoms with Gasteiger partial charge in [0.15, 0.2) is 0 Å². The maximum Gasteiger partial charge on any atom is 0.288 e. The van der Waals surface area contributed by atoms with Crippen molar-refractivity contribution in [2.75, 3.05) is 5.32 Å². The number of rotatable bonds is 4. The number of nitro groups is 1. The van der Waals surface area contributed by atoms with Crippen LogP contribution in [0.1, 0.15) is 37.6 Å². The molecule has 9 heteroatoms. The number of hydrogen-bond donors (Lipinski definition) is 2. The number of aryl methyl sites for hydroxylation is 1. The van der Waals surface area contributed by atoms with Gasteiger partial charge in [0.25, 0.3) is 17.5 Å². The molecule has 0 bridgehead atoms. The lowest BCUT2D eigenvalue weighted by molar-refractivity contribution is -0.384. The molecule has 0 aliphatic heterocycles. The van der Waals surface area contributed by atoms with Crippen molar-refractivity contribution < 1.29 is 14.5 Å². The van der Waals surface area contributed by atoms with Gasteiger partial charge in [-0.05, 0) is 37.0 Å². The second-order valence-corrected chi connectivity index (χ2v) is 6.82. The molecule has 0 radical (unpaired) electrons. The number of thiophene rings is 1. The molecule has 124 valence electrons. The highest BCUT2D eigenvalue weighted by atomic mass is 35.5. The number of halogens is 1. The number of nitrogens with two attached hydrogens (primary N) is 1. The van der Waals surface area contributed by atoms with E-state index in [2.05, 4.69) is 5.32 Å². The van der Waals surface area contributed by atoms with Gasteiger partial charge in [0.1, 0.15) is 10.0 Å². The lowest BCUT2D eigenvalue weighted by Gasteiger charge is -2.06. The monoisotopic (exact) mass is 365 g/mol. The fourth-order valence-electron chi connectivity index (χ4n) is 2.72. The van der Waals surface area contributed by atoms with E-state index in [1.54, 1.807) is 0 Å². The Balaban J connectivity index is 1.92. The minimum atomic E-state index is -0.659. The van der Waals surface area contributed by atoms with Crippen LogP contribution in [0.2, 0.25) is 5.02 Å². The van der Waals surface area contributed by atoms with Gasteiger partial charge in [-0.15, -0.1) is 11.3 Å². The van der Waals surface area contributed by atoms with E-state index in [0.717, 1.165) is 35.8 Å². The minimum absolute atomic E-state index is 0.0514. The highest BCUT2D eigenvalue weighted by Crippen LogP contribution is 2.39. The molecule has 0 spiro atoms. The Morgan fingerprint density at radius 1 is 1.33 bits per heavy atom. The quantitative estimate of drug-likeness (QED) is 0.639. The molecule has 3 rings (SSSR count). The van der Waals surface area contributed by atoms with Crippen molar-refractivity contribution in [3.63, 3.8) is 0 Å². The minimum Gasteiger partial charge on any atom is -0.365 e. The van der Waals surface area contributed by atoms with E-state index in [4.69, 9.17) is 17.3 Å². The summed E-state index contributed by atoms with van der Waals surface area (Å²) in [5, 5.41) is 13.9. The van der Waals surface area contributed by atoms with Crippen molar-refractivity contribution in [2.24, 2.45) is 5.73 Å². The lowest BCUT2D eigenvalue weighted by atomic mass is 10.1. The first kappa shape index (κ1) is 16.4. The Bertz CT molecular complexity index is 878. The third-order valence-electron chi connectivity index (χ3n) is 3.80.